The van der Waals surface area contributed by atoms with Crippen molar-refractivity contribution >= 4 is 44.0 Å². The van der Waals surface area contributed by atoms with Gasteiger partial charge >= 0.3 is 0 Å². The predicted octanol–water partition coefficient (Wildman–Crippen LogP) is 4.14. The molecule has 2 aromatic heterocycles. The van der Waals surface area contributed by atoms with Crippen LogP contribution in [0.2, 0.25) is 0 Å². The molecule has 0 aliphatic heterocycles. The Labute approximate surface area is 138 Å². The monoisotopic (exact) mass is 342 g/mol. The standard InChI is InChI=1S/C15H10N4O2S2/c20-19(21)11-6-2-1-5-10(11)9-22-14-16-17-15-18(14)12-7-3-4-8-13(12)23-15/h1-8H,9H2. The molecule has 23 heavy (non-hydrogen) atoms. The zero-order valence-electron chi connectivity index (χ0n) is 11.7. The van der Waals surface area contributed by atoms with Crippen LogP contribution in [0.4, 0.5) is 5.69 Å². The lowest BCUT2D eigenvalue weighted by Gasteiger charge is -2.02. The summed E-state index contributed by atoms with van der Waals surface area (Å²) in [6, 6.07) is 14.8. The van der Waals surface area contributed by atoms with E-state index in [2.05, 4.69) is 10.2 Å². The van der Waals surface area contributed by atoms with Gasteiger partial charge in [-0.05, 0) is 12.1 Å². The molecular formula is C15H10N4O2S2. The van der Waals surface area contributed by atoms with Crippen LogP contribution in [0, 0.1) is 10.1 Å². The van der Waals surface area contributed by atoms with Gasteiger partial charge in [-0.3, -0.25) is 14.5 Å². The molecule has 0 unspecified atom stereocenters. The lowest BCUT2D eigenvalue weighted by atomic mass is 10.2. The van der Waals surface area contributed by atoms with Crippen molar-refractivity contribution in [3.8, 4) is 0 Å². The maximum absolute atomic E-state index is 11.1. The molecule has 2 aromatic carbocycles. The molecule has 2 heterocycles. The number of nitro groups is 1. The first-order valence-electron chi connectivity index (χ1n) is 6.82. The summed E-state index contributed by atoms with van der Waals surface area (Å²) in [4.78, 5) is 11.6. The highest BCUT2D eigenvalue weighted by molar-refractivity contribution is 7.98. The third-order valence-corrected chi connectivity index (χ3v) is 5.45. The molecule has 4 aromatic rings. The molecule has 0 spiro atoms. The van der Waals surface area contributed by atoms with Gasteiger partial charge in [0.1, 0.15) is 0 Å². The van der Waals surface area contributed by atoms with Gasteiger partial charge in [-0.15, -0.1) is 10.2 Å². The Morgan fingerprint density at radius 3 is 2.78 bits per heavy atom. The highest BCUT2D eigenvalue weighted by Crippen LogP contribution is 2.32. The number of aromatic nitrogens is 3. The van der Waals surface area contributed by atoms with Crippen molar-refractivity contribution in [2.75, 3.05) is 0 Å². The van der Waals surface area contributed by atoms with E-state index in [0.717, 1.165) is 20.3 Å². The van der Waals surface area contributed by atoms with Crippen molar-refractivity contribution in [3.63, 3.8) is 0 Å². The Bertz CT molecular complexity index is 1020. The summed E-state index contributed by atoms with van der Waals surface area (Å²) in [6.07, 6.45) is 0. The summed E-state index contributed by atoms with van der Waals surface area (Å²) in [7, 11) is 0. The van der Waals surface area contributed by atoms with Gasteiger partial charge in [0.05, 0.1) is 15.1 Å². The van der Waals surface area contributed by atoms with Crippen molar-refractivity contribution in [2.45, 2.75) is 10.9 Å². The maximum Gasteiger partial charge on any atom is 0.273 e. The molecule has 6 nitrogen and oxygen atoms in total. The Morgan fingerprint density at radius 2 is 1.91 bits per heavy atom. The molecule has 114 valence electrons. The number of hydrogen-bond acceptors (Lipinski definition) is 6. The number of benzene rings is 2. The van der Waals surface area contributed by atoms with Gasteiger partial charge in [0.2, 0.25) is 4.96 Å². The van der Waals surface area contributed by atoms with E-state index in [-0.39, 0.29) is 10.6 Å². The van der Waals surface area contributed by atoms with Crippen molar-refractivity contribution in [3.05, 3.63) is 64.2 Å². The fraction of sp³-hybridized carbons (Fsp3) is 0.0667. The van der Waals surface area contributed by atoms with Crippen LogP contribution in [0.25, 0.3) is 15.2 Å². The highest BCUT2D eigenvalue weighted by atomic mass is 32.2. The van der Waals surface area contributed by atoms with Crippen LogP contribution in [-0.2, 0) is 5.75 Å². The molecule has 0 saturated carbocycles. The summed E-state index contributed by atoms with van der Waals surface area (Å²) < 4.78 is 3.14. The molecule has 0 aliphatic carbocycles. The molecule has 0 aliphatic rings. The van der Waals surface area contributed by atoms with Crippen LogP contribution in [0.15, 0.2) is 53.7 Å². The summed E-state index contributed by atoms with van der Waals surface area (Å²) in [5.41, 5.74) is 1.87. The lowest BCUT2D eigenvalue weighted by molar-refractivity contribution is -0.385. The number of nitrogens with zero attached hydrogens (tertiary/aromatic N) is 4. The van der Waals surface area contributed by atoms with Crippen LogP contribution in [0.1, 0.15) is 5.56 Å². The molecule has 4 rings (SSSR count). The molecule has 0 saturated heterocycles. The zero-order valence-corrected chi connectivity index (χ0v) is 13.4. The average molecular weight is 342 g/mol. The second-order valence-electron chi connectivity index (χ2n) is 4.84. The van der Waals surface area contributed by atoms with E-state index in [1.54, 1.807) is 23.5 Å². The minimum absolute atomic E-state index is 0.135. The number of rotatable bonds is 4. The Kier molecular flexibility index (Phi) is 3.47. The van der Waals surface area contributed by atoms with Gasteiger partial charge in [0, 0.05) is 17.4 Å². The molecule has 0 bridgehead atoms. The SMILES string of the molecule is O=[N+]([O-])c1ccccc1CSc1nnc2sc3ccccc3n12. The van der Waals surface area contributed by atoms with E-state index in [1.807, 2.05) is 34.7 Å². The van der Waals surface area contributed by atoms with Gasteiger partial charge in [0.25, 0.3) is 5.69 Å². The quantitative estimate of drug-likeness (QED) is 0.316. The van der Waals surface area contributed by atoms with Gasteiger partial charge in [-0.25, -0.2) is 0 Å². The Morgan fingerprint density at radius 1 is 1.13 bits per heavy atom. The summed E-state index contributed by atoms with van der Waals surface area (Å²) in [5, 5.41) is 20.3. The largest absolute Gasteiger partial charge is 0.273 e. The summed E-state index contributed by atoms with van der Waals surface area (Å²) in [5.74, 6) is 0.474. The van der Waals surface area contributed by atoms with Crippen LogP contribution in [-0.4, -0.2) is 19.5 Å². The molecule has 0 amide bonds. The topological polar surface area (TPSA) is 73.3 Å². The molecule has 0 radical (unpaired) electrons. The number of para-hydroxylation sites is 2. The van der Waals surface area contributed by atoms with Gasteiger partial charge < -0.3 is 0 Å². The number of hydrogen-bond donors (Lipinski definition) is 0. The highest BCUT2D eigenvalue weighted by Gasteiger charge is 2.16. The van der Waals surface area contributed by atoms with E-state index in [4.69, 9.17) is 0 Å². The number of nitro benzene ring substituents is 1. The second-order valence-corrected chi connectivity index (χ2v) is 6.80. The van der Waals surface area contributed by atoms with Crippen molar-refractivity contribution < 1.29 is 4.92 Å². The molecule has 0 fully saturated rings. The van der Waals surface area contributed by atoms with Crippen molar-refractivity contribution in [2.24, 2.45) is 0 Å². The predicted molar refractivity (Wildman–Crippen MR) is 91.0 cm³/mol. The van der Waals surface area contributed by atoms with Crippen LogP contribution >= 0.6 is 23.1 Å². The first-order valence-corrected chi connectivity index (χ1v) is 8.62. The fourth-order valence-electron chi connectivity index (χ4n) is 2.40. The normalized spacial score (nSPS) is 11.3. The van der Waals surface area contributed by atoms with Crippen molar-refractivity contribution in [1.82, 2.24) is 14.6 Å². The van der Waals surface area contributed by atoms with E-state index < -0.39 is 0 Å². The zero-order chi connectivity index (χ0) is 15.8. The molecule has 8 heteroatoms. The smallest absolute Gasteiger partial charge is 0.260 e. The lowest BCUT2D eigenvalue weighted by Crippen LogP contribution is -1.94. The Balaban J connectivity index is 1.70. The van der Waals surface area contributed by atoms with E-state index in [0.29, 0.717) is 11.3 Å². The second kappa shape index (κ2) is 5.64. The first kappa shape index (κ1) is 14.2. The first-order chi connectivity index (χ1) is 11.2. The van der Waals surface area contributed by atoms with E-state index in [1.165, 1.54) is 17.8 Å². The van der Waals surface area contributed by atoms with Crippen LogP contribution < -0.4 is 0 Å². The molecular weight excluding hydrogens is 332 g/mol. The van der Waals surface area contributed by atoms with E-state index >= 15 is 0 Å². The van der Waals surface area contributed by atoms with E-state index in [9.17, 15) is 10.1 Å². The average Bonchev–Trinajstić information content (AvgIpc) is 3.12. The minimum Gasteiger partial charge on any atom is -0.260 e. The van der Waals surface area contributed by atoms with Gasteiger partial charge in [-0.2, -0.15) is 0 Å². The fourth-order valence-corrected chi connectivity index (χ4v) is 4.37. The van der Waals surface area contributed by atoms with Gasteiger partial charge in [-0.1, -0.05) is 53.4 Å². The maximum atomic E-state index is 11.1. The molecule has 0 atom stereocenters. The Hall–Kier alpha value is -2.45. The summed E-state index contributed by atoms with van der Waals surface area (Å²) in [6.45, 7) is 0. The number of thioether (sulfide) groups is 1. The third-order valence-electron chi connectivity index (χ3n) is 3.46. The van der Waals surface area contributed by atoms with Crippen LogP contribution in [0.3, 0.4) is 0 Å². The van der Waals surface area contributed by atoms with Crippen molar-refractivity contribution in [1.29, 1.82) is 0 Å². The van der Waals surface area contributed by atoms with Crippen LogP contribution in [0.5, 0.6) is 0 Å². The number of fused-ring (bicyclic) bond motifs is 3. The van der Waals surface area contributed by atoms with Gasteiger partial charge in [0.15, 0.2) is 5.16 Å². The minimum atomic E-state index is -0.352. The summed E-state index contributed by atoms with van der Waals surface area (Å²) >= 11 is 3.03. The third kappa shape index (κ3) is 2.45. The number of thiazole rings is 1. The molecule has 0 N–H and O–H groups in total.